The third kappa shape index (κ3) is 3.53. The van der Waals surface area contributed by atoms with Crippen LogP contribution in [0.5, 0.6) is 0 Å². The molecule has 2 rings (SSSR count). The molecule has 4 heteroatoms. The summed E-state index contributed by atoms with van der Waals surface area (Å²) in [6, 6.07) is 6.29. The predicted octanol–water partition coefficient (Wildman–Crippen LogP) is 2.43. The van der Waals surface area contributed by atoms with Crippen molar-refractivity contribution in [2.75, 3.05) is 13.1 Å². The minimum atomic E-state index is -0.315. The highest BCUT2D eigenvalue weighted by Crippen LogP contribution is 2.13. The van der Waals surface area contributed by atoms with Gasteiger partial charge in [0.2, 0.25) is 0 Å². The van der Waals surface area contributed by atoms with Crippen LogP contribution in [0.15, 0.2) is 24.3 Å². The maximum Gasteiger partial charge on any atom is 0.254 e. The molecule has 1 aromatic carbocycles. The molecule has 0 spiro atoms. The number of halogens is 1. The van der Waals surface area contributed by atoms with Crippen LogP contribution in [-0.4, -0.2) is 36.0 Å². The smallest absolute Gasteiger partial charge is 0.254 e. The minimum absolute atomic E-state index is 0.0244. The first kappa shape index (κ1) is 14.0. The summed E-state index contributed by atoms with van der Waals surface area (Å²) in [5, 5.41) is 3.40. The minimum Gasteiger partial charge on any atom is -0.335 e. The van der Waals surface area contributed by atoms with E-state index in [-0.39, 0.29) is 17.8 Å². The van der Waals surface area contributed by atoms with Crippen molar-refractivity contribution in [1.29, 1.82) is 0 Å². The maximum atomic E-state index is 12.9. The molecular formula is C15H21FN2O. The number of carbonyl (C=O) groups excluding carboxylic acids is 1. The number of benzene rings is 1. The Morgan fingerprint density at radius 3 is 2.63 bits per heavy atom. The van der Waals surface area contributed by atoms with Crippen molar-refractivity contribution in [3.05, 3.63) is 35.6 Å². The summed E-state index contributed by atoms with van der Waals surface area (Å²) in [6.07, 6.45) is 2.28. The fraction of sp³-hybridized carbons (Fsp3) is 0.533. The highest BCUT2D eigenvalue weighted by atomic mass is 19.1. The first-order valence-electron chi connectivity index (χ1n) is 6.88. The van der Waals surface area contributed by atoms with Gasteiger partial charge in [-0.05, 0) is 57.5 Å². The number of nitrogens with one attached hydrogen (secondary N) is 1. The average molecular weight is 264 g/mol. The van der Waals surface area contributed by atoms with Crippen molar-refractivity contribution in [2.24, 2.45) is 0 Å². The lowest BCUT2D eigenvalue weighted by Crippen LogP contribution is -2.44. The van der Waals surface area contributed by atoms with Gasteiger partial charge in [-0.2, -0.15) is 0 Å². The largest absolute Gasteiger partial charge is 0.335 e. The molecule has 1 aliphatic rings. The third-order valence-electron chi connectivity index (χ3n) is 3.55. The zero-order valence-electron chi connectivity index (χ0n) is 11.5. The number of rotatable bonds is 4. The summed E-state index contributed by atoms with van der Waals surface area (Å²) < 4.78 is 12.9. The van der Waals surface area contributed by atoms with E-state index in [2.05, 4.69) is 5.32 Å². The van der Waals surface area contributed by atoms with Gasteiger partial charge in [-0.15, -0.1) is 0 Å². The zero-order valence-corrected chi connectivity index (χ0v) is 11.5. The van der Waals surface area contributed by atoms with Crippen LogP contribution in [0.3, 0.4) is 0 Å². The molecule has 1 N–H and O–H groups in total. The molecule has 0 bridgehead atoms. The molecule has 1 aromatic rings. The Morgan fingerprint density at radius 2 is 2.11 bits per heavy atom. The van der Waals surface area contributed by atoms with Gasteiger partial charge in [-0.1, -0.05) is 0 Å². The fourth-order valence-electron chi connectivity index (χ4n) is 2.44. The average Bonchev–Trinajstić information content (AvgIpc) is 2.88. The Morgan fingerprint density at radius 1 is 1.42 bits per heavy atom. The maximum absolute atomic E-state index is 12.9. The first-order valence-corrected chi connectivity index (χ1v) is 6.88. The Bertz CT molecular complexity index is 424. The first-order chi connectivity index (χ1) is 9.08. The lowest BCUT2D eigenvalue weighted by atomic mass is 10.1. The van der Waals surface area contributed by atoms with Crippen molar-refractivity contribution in [3.63, 3.8) is 0 Å². The molecule has 1 amide bonds. The molecule has 1 unspecified atom stereocenters. The van der Waals surface area contributed by atoms with E-state index >= 15 is 0 Å². The van der Waals surface area contributed by atoms with Gasteiger partial charge in [0.05, 0.1) is 0 Å². The van der Waals surface area contributed by atoms with Crippen molar-refractivity contribution < 1.29 is 9.18 Å². The van der Waals surface area contributed by atoms with Gasteiger partial charge in [-0.3, -0.25) is 4.79 Å². The van der Waals surface area contributed by atoms with Crippen LogP contribution in [0.4, 0.5) is 4.39 Å². The summed E-state index contributed by atoms with van der Waals surface area (Å²) in [6.45, 7) is 5.77. The van der Waals surface area contributed by atoms with Gasteiger partial charge in [0.1, 0.15) is 5.82 Å². The van der Waals surface area contributed by atoms with Crippen LogP contribution in [0.2, 0.25) is 0 Å². The highest BCUT2D eigenvalue weighted by Gasteiger charge is 2.24. The van der Waals surface area contributed by atoms with Gasteiger partial charge >= 0.3 is 0 Å². The van der Waals surface area contributed by atoms with Gasteiger partial charge < -0.3 is 10.2 Å². The number of amides is 1. The van der Waals surface area contributed by atoms with Crippen LogP contribution in [0.1, 0.15) is 37.0 Å². The topological polar surface area (TPSA) is 32.3 Å². The second-order valence-corrected chi connectivity index (χ2v) is 5.35. The SMILES string of the molecule is CC(C)N(CC1CCCN1)C(=O)c1ccc(F)cc1. The molecule has 104 valence electrons. The van der Waals surface area contributed by atoms with E-state index in [9.17, 15) is 9.18 Å². The van der Waals surface area contributed by atoms with Crippen LogP contribution < -0.4 is 5.32 Å². The quantitative estimate of drug-likeness (QED) is 0.906. The lowest BCUT2D eigenvalue weighted by molar-refractivity contribution is 0.0689. The molecule has 0 aromatic heterocycles. The molecule has 1 atom stereocenters. The summed E-state index contributed by atoms with van der Waals surface area (Å²) in [7, 11) is 0. The third-order valence-corrected chi connectivity index (χ3v) is 3.55. The highest BCUT2D eigenvalue weighted by molar-refractivity contribution is 5.94. The van der Waals surface area contributed by atoms with E-state index in [4.69, 9.17) is 0 Å². The molecule has 0 saturated carbocycles. The second kappa shape index (κ2) is 6.15. The number of carbonyl (C=O) groups is 1. The number of hydrogen-bond acceptors (Lipinski definition) is 2. The standard InChI is InChI=1S/C15H21FN2O/c1-11(2)18(10-14-4-3-9-17-14)15(19)12-5-7-13(16)8-6-12/h5-8,11,14,17H,3-4,9-10H2,1-2H3. The number of nitrogens with zero attached hydrogens (tertiary/aromatic N) is 1. The van der Waals surface area contributed by atoms with E-state index in [1.54, 1.807) is 12.1 Å². The van der Waals surface area contributed by atoms with Gasteiger partial charge in [-0.25, -0.2) is 4.39 Å². The van der Waals surface area contributed by atoms with Crippen LogP contribution in [0, 0.1) is 5.82 Å². The Balaban J connectivity index is 2.09. The molecule has 19 heavy (non-hydrogen) atoms. The summed E-state index contributed by atoms with van der Waals surface area (Å²) in [5.74, 6) is -0.339. The molecule has 0 aliphatic carbocycles. The summed E-state index contributed by atoms with van der Waals surface area (Å²) in [4.78, 5) is 14.3. The lowest BCUT2D eigenvalue weighted by Gasteiger charge is -2.29. The van der Waals surface area contributed by atoms with Crippen molar-refractivity contribution >= 4 is 5.91 Å². The van der Waals surface area contributed by atoms with Crippen molar-refractivity contribution in [1.82, 2.24) is 10.2 Å². The van der Waals surface area contributed by atoms with Crippen LogP contribution >= 0.6 is 0 Å². The van der Waals surface area contributed by atoms with E-state index in [0.29, 0.717) is 18.2 Å². The molecule has 3 nitrogen and oxygen atoms in total. The van der Waals surface area contributed by atoms with E-state index < -0.39 is 0 Å². The molecule has 0 radical (unpaired) electrons. The Kier molecular flexibility index (Phi) is 4.53. The zero-order chi connectivity index (χ0) is 13.8. The Labute approximate surface area is 113 Å². The second-order valence-electron chi connectivity index (χ2n) is 5.35. The van der Waals surface area contributed by atoms with Crippen LogP contribution in [-0.2, 0) is 0 Å². The number of hydrogen-bond donors (Lipinski definition) is 1. The predicted molar refractivity (Wildman–Crippen MR) is 73.6 cm³/mol. The van der Waals surface area contributed by atoms with E-state index in [0.717, 1.165) is 13.0 Å². The monoisotopic (exact) mass is 264 g/mol. The summed E-state index contributed by atoms with van der Waals surface area (Å²) in [5.41, 5.74) is 0.549. The van der Waals surface area contributed by atoms with E-state index in [1.165, 1.54) is 18.6 Å². The van der Waals surface area contributed by atoms with Crippen molar-refractivity contribution in [2.45, 2.75) is 38.8 Å². The van der Waals surface area contributed by atoms with Gasteiger partial charge in [0.25, 0.3) is 5.91 Å². The van der Waals surface area contributed by atoms with Crippen LogP contribution in [0.25, 0.3) is 0 Å². The molecule has 1 heterocycles. The molecule has 1 saturated heterocycles. The van der Waals surface area contributed by atoms with Crippen molar-refractivity contribution in [3.8, 4) is 0 Å². The van der Waals surface area contributed by atoms with Gasteiger partial charge in [0, 0.05) is 24.2 Å². The normalized spacial score (nSPS) is 18.8. The molecule has 1 fully saturated rings. The fourth-order valence-corrected chi connectivity index (χ4v) is 2.44. The van der Waals surface area contributed by atoms with E-state index in [1.807, 2.05) is 18.7 Å². The summed E-state index contributed by atoms with van der Waals surface area (Å²) >= 11 is 0. The van der Waals surface area contributed by atoms with Gasteiger partial charge in [0.15, 0.2) is 0 Å². The molecular weight excluding hydrogens is 243 g/mol. The Hall–Kier alpha value is -1.42. The molecule has 1 aliphatic heterocycles.